The van der Waals surface area contributed by atoms with Crippen LogP contribution in [-0.2, 0) is 17.8 Å². The van der Waals surface area contributed by atoms with Gasteiger partial charge in [0, 0.05) is 6.54 Å². The van der Waals surface area contributed by atoms with E-state index in [1.807, 2.05) is 42.2 Å². The molecule has 0 aliphatic heterocycles. The van der Waals surface area contributed by atoms with Crippen LogP contribution in [-0.4, -0.2) is 44.7 Å². The van der Waals surface area contributed by atoms with Gasteiger partial charge in [-0.25, -0.2) is 0 Å². The molecule has 1 heterocycles. The molecule has 0 fully saturated rings. The average molecular weight is 404 g/mol. The number of amides is 1. The first-order valence-electron chi connectivity index (χ1n) is 10.3. The molecule has 1 aromatic carbocycles. The quantitative estimate of drug-likeness (QED) is 0.554. The van der Waals surface area contributed by atoms with E-state index in [4.69, 9.17) is 13.9 Å². The first-order valence-corrected chi connectivity index (χ1v) is 10.3. The third-order valence-corrected chi connectivity index (χ3v) is 4.88. The number of hydrogen-bond donors (Lipinski definition) is 1. The van der Waals surface area contributed by atoms with E-state index >= 15 is 0 Å². The Morgan fingerprint density at radius 1 is 1.14 bits per heavy atom. The summed E-state index contributed by atoms with van der Waals surface area (Å²) in [6.07, 6.45) is 1.84. The molecule has 2 aromatic rings. The summed E-state index contributed by atoms with van der Waals surface area (Å²) in [7, 11) is 3.25. The van der Waals surface area contributed by atoms with Gasteiger partial charge >= 0.3 is 0 Å². The van der Waals surface area contributed by atoms with Gasteiger partial charge in [-0.3, -0.25) is 4.79 Å². The van der Waals surface area contributed by atoms with Crippen LogP contribution in [0.4, 0.5) is 0 Å². The van der Waals surface area contributed by atoms with E-state index in [1.54, 1.807) is 14.2 Å². The molecule has 0 unspecified atom stereocenters. The van der Waals surface area contributed by atoms with Gasteiger partial charge in [0.15, 0.2) is 18.0 Å². The van der Waals surface area contributed by atoms with Crippen molar-refractivity contribution in [2.75, 3.05) is 33.9 Å². The summed E-state index contributed by atoms with van der Waals surface area (Å²) < 4.78 is 16.4. The minimum atomic E-state index is 0.128. The zero-order valence-corrected chi connectivity index (χ0v) is 18.4. The predicted molar refractivity (Wildman–Crippen MR) is 113 cm³/mol. The van der Waals surface area contributed by atoms with Crippen LogP contribution >= 0.6 is 0 Å². The number of furan rings is 1. The zero-order valence-electron chi connectivity index (χ0n) is 18.4. The number of benzene rings is 1. The highest BCUT2D eigenvalue weighted by Crippen LogP contribution is 2.27. The summed E-state index contributed by atoms with van der Waals surface area (Å²) in [6, 6.07) is 9.74. The molecule has 0 saturated heterocycles. The molecule has 0 atom stereocenters. The topological polar surface area (TPSA) is 68.5 Å². The number of hydrogen-bond acceptors (Lipinski definition) is 4. The maximum absolute atomic E-state index is 12.9. The Bertz CT molecular complexity index is 770. The van der Waals surface area contributed by atoms with E-state index in [-0.39, 0.29) is 5.91 Å². The van der Waals surface area contributed by atoms with Crippen LogP contribution in [0.15, 0.2) is 34.7 Å². The van der Waals surface area contributed by atoms with Gasteiger partial charge in [0.1, 0.15) is 11.5 Å². The van der Waals surface area contributed by atoms with E-state index in [0.717, 1.165) is 36.5 Å². The van der Waals surface area contributed by atoms with E-state index in [2.05, 4.69) is 19.2 Å². The fraction of sp³-hybridized carbons (Fsp3) is 0.522. The molecule has 6 heteroatoms. The van der Waals surface area contributed by atoms with Gasteiger partial charge in [-0.2, -0.15) is 0 Å². The Morgan fingerprint density at radius 3 is 2.52 bits per heavy atom. The highest BCUT2D eigenvalue weighted by Gasteiger charge is 2.18. The van der Waals surface area contributed by atoms with Crippen LogP contribution in [0, 0.1) is 12.8 Å². The molecule has 2 rings (SSSR count). The van der Waals surface area contributed by atoms with Crippen molar-refractivity contribution < 1.29 is 24.0 Å². The van der Waals surface area contributed by atoms with Gasteiger partial charge in [-0.05, 0) is 55.5 Å². The van der Waals surface area contributed by atoms with Gasteiger partial charge < -0.3 is 24.1 Å². The molecule has 1 amide bonds. The van der Waals surface area contributed by atoms with Gasteiger partial charge in [0.25, 0.3) is 5.91 Å². The Labute approximate surface area is 174 Å². The molecule has 6 nitrogen and oxygen atoms in total. The molecule has 1 aromatic heterocycles. The smallest absolute Gasteiger partial charge is 0.278 e. The van der Waals surface area contributed by atoms with Gasteiger partial charge in [-0.15, -0.1) is 0 Å². The van der Waals surface area contributed by atoms with Crippen molar-refractivity contribution in [1.29, 1.82) is 0 Å². The number of nitrogens with zero attached hydrogens (tertiary/aromatic N) is 1. The van der Waals surface area contributed by atoms with Crippen molar-refractivity contribution in [3.8, 4) is 11.5 Å². The number of carbonyl (C=O) groups excluding carboxylic acids is 1. The van der Waals surface area contributed by atoms with Gasteiger partial charge in [0.05, 0.1) is 27.3 Å². The Morgan fingerprint density at radius 2 is 1.90 bits per heavy atom. The molecule has 0 bridgehead atoms. The molecule has 0 radical (unpaired) electrons. The van der Waals surface area contributed by atoms with Crippen molar-refractivity contribution in [3.05, 3.63) is 47.4 Å². The lowest BCUT2D eigenvalue weighted by molar-refractivity contribution is -0.645. The monoisotopic (exact) mass is 403 g/mol. The highest BCUT2D eigenvalue weighted by molar-refractivity contribution is 5.77. The molecule has 160 valence electrons. The van der Waals surface area contributed by atoms with Crippen LogP contribution in [0.5, 0.6) is 11.5 Å². The largest absolute Gasteiger partial charge is 0.493 e. The SMILES string of the molecule is COc1ccc(CCN(Cc2ccc(C)o2)C(=O)C[NH2+]CCC(C)C)cc1OC. The lowest BCUT2D eigenvalue weighted by atomic mass is 10.1. The normalized spacial score (nSPS) is 11.0. The number of quaternary nitrogens is 1. The zero-order chi connectivity index (χ0) is 21.2. The van der Waals surface area contributed by atoms with Crippen molar-refractivity contribution >= 4 is 5.91 Å². The number of ether oxygens (including phenoxy) is 2. The maximum atomic E-state index is 12.9. The lowest BCUT2D eigenvalue weighted by Gasteiger charge is -2.21. The molecule has 29 heavy (non-hydrogen) atoms. The molecular formula is C23H35N2O4+. The lowest BCUT2D eigenvalue weighted by Crippen LogP contribution is -2.86. The predicted octanol–water partition coefficient (Wildman–Crippen LogP) is 2.79. The molecule has 0 aliphatic carbocycles. The molecule has 0 spiro atoms. The number of methoxy groups -OCH3 is 2. The number of aryl methyl sites for hydroxylation is 1. The van der Waals surface area contributed by atoms with E-state index in [9.17, 15) is 4.79 Å². The molecular weight excluding hydrogens is 368 g/mol. The highest BCUT2D eigenvalue weighted by atomic mass is 16.5. The van der Waals surface area contributed by atoms with Crippen LogP contribution in [0.2, 0.25) is 0 Å². The molecule has 0 aliphatic rings. The Kier molecular flexibility index (Phi) is 9.06. The Balaban J connectivity index is 2.01. The van der Waals surface area contributed by atoms with Gasteiger partial charge in [0.2, 0.25) is 0 Å². The standard InChI is InChI=1S/C23H34N2O4/c1-17(2)10-12-24-15-23(26)25(16-20-8-6-18(3)29-20)13-11-19-7-9-21(27-4)22(14-19)28-5/h6-9,14,17,24H,10-13,15-16H2,1-5H3/p+1. The van der Waals surface area contributed by atoms with Crippen LogP contribution in [0.1, 0.15) is 37.4 Å². The second-order valence-electron chi connectivity index (χ2n) is 7.73. The van der Waals surface area contributed by atoms with E-state index in [0.29, 0.717) is 37.1 Å². The van der Waals surface area contributed by atoms with Crippen LogP contribution in [0.25, 0.3) is 0 Å². The van der Waals surface area contributed by atoms with E-state index in [1.165, 1.54) is 0 Å². The van der Waals surface area contributed by atoms with Crippen molar-refractivity contribution in [3.63, 3.8) is 0 Å². The van der Waals surface area contributed by atoms with Gasteiger partial charge in [-0.1, -0.05) is 19.9 Å². The fourth-order valence-corrected chi connectivity index (χ4v) is 3.16. The number of nitrogens with two attached hydrogens (primary N) is 1. The van der Waals surface area contributed by atoms with Crippen molar-refractivity contribution in [2.24, 2.45) is 5.92 Å². The summed E-state index contributed by atoms with van der Waals surface area (Å²) in [6.45, 7) is 8.84. The van der Waals surface area contributed by atoms with Crippen LogP contribution in [0.3, 0.4) is 0 Å². The van der Waals surface area contributed by atoms with Crippen molar-refractivity contribution in [1.82, 2.24) is 4.90 Å². The third-order valence-electron chi connectivity index (χ3n) is 4.88. The minimum absolute atomic E-state index is 0.128. The number of carbonyl (C=O) groups is 1. The summed E-state index contributed by atoms with van der Waals surface area (Å²) in [4.78, 5) is 14.7. The Hall–Kier alpha value is -2.47. The maximum Gasteiger partial charge on any atom is 0.278 e. The second kappa shape index (κ2) is 11.5. The first kappa shape index (κ1) is 22.8. The summed E-state index contributed by atoms with van der Waals surface area (Å²) in [5.41, 5.74) is 1.10. The fourth-order valence-electron chi connectivity index (χ4n) is 3.16. The van der Waals surface area contributed by atoms with E-state index < -0.39 is 0 Å². The second-order valence-corrected chi connectivity index (χ2v) is 7.73. The first-order chi connectivity index (χ1) is 13.9. The minimum Gasteiger partial charge on any atom is -0.493 e. The van der Waals surface area contributed by atoms with Crippen LogP contribution < -0.4 is 14.8 Å². The molecule has 0 saturated carbocycles. The summed E-state index contributed by atoms with van der Waals surface area (Å²) >= 11 is 0. The number of rotatable bonds is 12. The summed E-state index contributed by atoms with van der Waals surface area (Å²) in [5.74, 6) is 3.85. The van der Waals surface area contributed by atoms with Crippen molar-refractivity contribution in [2.45, 2.75) is 40.2 Å². The summed E-state index contributed by atoms with van der Waals surface area (Å²) in [5, 5.41) is 2.10. The third kappa shape index (κ3) is 7.46. The molecule has 2 N–H and O–H groups in total. The average Bonchev–Trinajstić information content (AvgIpc) is 3.12.